The van der Waals surface area contributed by atoms with Crippen LogP contribution in [0.5, 0.6) is 0 Å². The highest BCUT2D eigenvalue weighted by molar-refractivity contribution is 6.11. The van der Waals surface area contributed by atoms with Crippen molar-refractivity contribution in [3.05, 3.63) is 206 Å². The third-order valence-electron chi connectivity index (χ3n) is 11.3. The van der Waals surface area contributed by atoms with Gasteiger partial charge in [-0.1, -0.05) is 140 Å². The van der Waals surface area contributed by atoms with E-state index < -0.39 is 0 Å². The van der Waals surface area contributed by atoms with Crippen molar-refractivity contribution in [2.45, 2.75) is 6.92 Å². The van der Waals surface area contributed by atoms with Crippen LogP contribution in [0.1, 0.15) is 5.56 Å². The van der Waals surface area contributed by atoms with Gasteiger partial charge in [0.25, 0.3) is 0 Å². The van der Waals surface area contributed by atoms with Gasteiger partial charge in [-0.15, -0.1) is 0 Å². The lowest BCUT2D eigenvalue weighted by molar-refractivity contribution is 0.979. The molecule has 56 heavy (non-hydrogen) atoms. The topological polar surface area (TPSA) is 25.5 Å². The van der Waals surface area contributed by atoms with Gasteiger partial charge in [-0.2, -0.15) is 5.10 Å². The number of hydrogen-bond acceptors (Lipinski definition) is 2. The summed E-state index contributed by atoms with van der Waals surface area (Å²) in [7, 11) is 0. The first-order chi connectivity index (χ1) is 27.7. The van der Waals surface area contributed by atoms with Gasteiger partial charge in [0.2, 0.25) is 0 Å². The lowest BCUT2D eigenvalue weighted by Crippen LogP contribution is -2.10. The predicted octanol–water partition coefficient (Wildman–Crippen LogP) is 13.9. The number of nitrogens with zero attached hydrogens (tertiary/aromatic N) is 4. The van der Waals surface area contributed by atoms with Crippen LogP contribution in [0.25, 0.3) is 77.1 Å². The molecule has 0 N–H and O–H groups in total. The molecule has 4 heteroatoms. The molecular formula is C52H36N4. The average molecular weight is 717 g/mol. The van der Waals surface area contributed by atoms with Crippen molar-refractivity contribution in [3.63, 3.8) is 0 Å². The second-order valence-corrected chi connectivity index (χ2v) is 14.5. The number of rotatable bonds is 6. The summed E-state index contributed by atoms with van der Waals surface area (Å²) < 4.78 is 4.51. The Hall–Kier alpha value is -7.43. The van der Waals surface area contributed by atoms with Gasteiger partial charge in [0.15, 0.2) is 0 Å². The Morgan fingerprint density at radius 1 is 0.446 bits per heavy atom. The van der Waals surface area contributed by atoms with Crippen LogP contribution in [0.15, 0.2) is 200 Å². The van der Waals surface area contributed by atoms with Gasteiger partial charge in [0, 0.05) is 55.3 Å². The number of pyridine rings is 1. The molecule has 3 aromatic heterocycles. The van der Waals surface area contributed by atoms with E-state index in [0.29, 0.717) is 0 Å². The molecule has 0 aliphatic rings. The van der Waals surface area contributed by atoms with Crippen molar-refractivity contribution in [1.29, 1.82) is 0 Å². The van der Waals surface area contributed by atoms with Crippen molar-refractivity contribution in [2.75, 3.05) is 4.90 Å². The Kier molecular flexibility index (Phi) is 7.36. The maximum atomic E-state index is 5.33. The van der Waals surface area contributed by atoms with Crippen molar-refractivity contribution < 1.29 is 0 Å². The summed E-state index contributed by atoms with van der Waals surface area (Å²) in [5.74, 6) is 0. The van der Waals surface area contributed by atoms with E-state index in [9.17, 15) is 0 Å². The highest BCUT2D eigenvalue weighted by atomic mass is 15.2. The summed E-state index contributed by atoms with van der Waals surface area (Å²) in [5.41, 5.74) is 13.4. The minimum absolute atomic E-state index is 0.983. The number of hydrogen-bond donors (Lipinski definition) is 0. The third kappa shape index (κ3) is 5.04. The van der Waals surface area contributed by atoms with Crippen molar-refractivity contribution in [2.24, 2.45) is 0 Å². The Morgan fingerprint density at radius 2 is 1.07 bits per heavy atom. The first-order valence-electron chi connectivity index (χ1n) is 19.1. The molecule has 11 aromatic rings. The minimum atomic E-state index is 0.983. The lowest BCUT2D eigenvalue weighted by Gasteiger charge is -2.27. The molecule has 0 aliphatic heterocycles. The monoisotopic (exact) mass is 716 g/mol. The number of anilines is 3. The zero-order chi connectivity index (χ0) is 37.2. The Balaban J connectivity index is 1.09. The molecule has 0 fully saturated rings. The molecule has 8 aromatic carbocycles. The first-order valence-corrected chi connectivity index (χ1v) is 19.1. The van der Waals surface area contributed by atoms with E-state index in [4.69, 9.17) is 5.10 Å². The molecule has 0 aliphatic carbocycles. The third-order valence-corrected chi connectivity index (χ3v) is 11.3. The molecule has 0 spiro atoms. The van der Waals surface area contributed by atoms with E-state index in [1.54, 1.807) is 0 Å². The van der Waals surface area contributed by atoms with Crippen LogP contribution in [0.4, 0.5) is 17.1 Å². The van der Waals surface area contributed by atoms with E-state index in [-0.39, 0.29) is 0 Å². The first kappa shape index (κ1) is 32.0. The summed E-state index contributed by atoms with van der Waals surface area (Å²) in [6, 6.07) is 71.9. The van der Waals surface area contributed by atoms with Gasteiger partial charge in [-0.3, -0.25) is 0 Å². The number of fused-ring (bicyclic) bond motifs is 7. The van der Waals surface area contributed by atoms with Crippen LogP contribution in [0, 0.1) is 6.92 Å². The quantitative estimate of drug-likeness (QED) is 0.171. The van der Waals surface area contributed by atoms with Gasteiger partial charge in [-0.05, 0) is 78.4 Å². The zero-order valence-electron chi connectivity index (χ0n) is 30.8. The molecule has 3 heterocycles. The summed E-state index contributed by atoms with van der Waals surface area (Å²) in [6.45, 7) is 2.20. The fraction of sp³-hybridized carbons (Fsp3) is 0.0192. The summed E-state index contributed by atoms with van der Waals surface area (Å²) in [5, 5.41) is 12.6. The SMILES string of the molecule is Cc1c(-c2ccc(N(c3ccc4c(c3)c3ccccc3n4-c3ccccc3)c3cccc4ccccc34)cc2)nn2c(-c3ccccc3)cc3ccccc3c12. The van der Waals surface area contributed by atoms with Crippen LogP contribution in [0.3, 0.4) is 0 Å². The molecule has 0 amide bonds. The maximum Gasteiger partial charge on any atom is 0.0963 e. The van der Waals surface area contributed by atoms with Crippen LogP contribution < -0.4 is 4.90 Å². The molecule has 0 saturated heterocycles. The van der Waals surface area contributed by atoms with Gasteiger partial charge >= 0.3 is 0 Å². The van der Waals surface area contributed by atoms with E-state index >= 15 is 0 Å². The molecule has 0 atom stereocenters. The molecule has 0 bridgehead atoms. The van der Waals surface area contributed by atoms with Crippen LogP contribution >= 0.6 is 0 Å². The number of aromatic nitrogens is 3. The van der Waals surface area contributed by atoms with Gasteiger partial charge in [0.05, 0.1) is 33.6 Å². The van der Waals surface area contributed by atoms with E-state index in [1.807, 2.05) is 0 Å². The molecule has 4 nitrogen and oxygen atoms in total. The lowest BCUT2D eigenvalue weighted by atomic mass is 10.0. The zero-order valence-corrected chi connectivity index (χ0v) is 30.8. The molecule has 0 unspecified atom stereocenters. The summed E-state index contributed by atoms with van der Waals surface area (Å²) in [6.07, 6.45) is 0. The van der Waals surface area contributed by atoms with Gasteiger partial charge in [-0.25, -0.2) is 4.52 Å². The molecule has 0 saturated carbocycles. The second-order valence-electron chi connectivity index (χ2n) is 14.5. The minimum Gasteiger partial charge on any atom is -0.310 e. The van der Waals surface area contributed by atoms with Gasteiger partial charge in [0.1, 0.15) is 0 Å². The van der Waals surface area contributed by atoms with Gasteiger partial charge < -0.3 is 9.47 Å². The Labute approximate surface area is 324 Å². The predicted molar refractivity (Wildman–Crippen MR) is 235 cm³/mol. The number of benzene rings is 8. The van der Waals surface area contributed by atoms with E-state index in [0.717, 1.165) is 56.3 Å². The molecule has 0 radical (unpaired) electrons. The van der Waals surface area contributed by atoms with Crippen molar-refractivity contribution >= 4 is 65.9 Å². The molecular weight excluding hydrogens is 681 g/mol. The van der Waals surface area contributed by atoms with Crippen molar-refractivity contribution in [1.82, 2.24) is 14.2 Å². The smallest absolute Gasteiger partial charge is 0.0963 e. The Morgan fingerprint density at radius 3 is 1.88 bits per heavy atom. The van der Waals surface area contributed by atoms with E-state index in [2.05, 4.69) is 221 Å². The fourth-order valence-electron chi connectivity index (χ4n) is 8.68. The van der Waals surface area contributed by atoms with Crippen LogP contribution in [-0.2, 0) is 0 Å². The summed E-state index contributed by atoms with van der Waals surface area (Å²) >= 11 is 0. The van der Waals surface area contributed by atoms with Crippen molar-refractivity contribution in [3.8, 4) is 28.2 Å². The summed E-state index contributed by atoms with van der Waals surface area (Å²) in [4.78, 5) is 2.40. The highest BCUT2D eigenvalue weighted by Gasteiger charge is 2.21. The average Bonchev–Trinajstić information content (AvgIpc) is 3.79. The molecule has 11 rings (SSSR count). The standard InChI is InChI=1S/C52H36N4/c1-35-51(53-56-50(37-16-4-2-5-17-37)33-39-18-9-11-23-44(39)52(35)56)38-27-29-41(30-28-38)54(47-26-14-19-36-15-8-10-22-43(36)47)42-31-32-49-46(34-42)45-24-12-13-25-48(45)55(49)40-20-6-3-7-21-40/h2-34H,1H3. The maximum absolute atomic E-state index is 5.33. The highest BCUT2D eigenvalue weighted by Crippen LogP contribution is 2.43. The fourth-order valence-corrected chi connectivity index (χ4v) is 8.68. The number of para-hydroxylation sites is 2. The van der Waals surface area contributed by atoms with E-state index in [1.165, 1.54) is 43.4 Å². The normalized spacial score (nSPS) is 11.7. The molecule has 264 valence electrons. The Bertz CT molecular complexity index is 3240. The second kappa shape index (κ2) is 12.9. The van der Waals surface area contributed by atoms with Crippen LogP contribution in [0.2, 0.25) is 0 Å². The van der Waals surface area contributed by atoms with Crippen LogP contribution in [-0.4, -0.2) is 14.2 Å². The largest absolute Gasteiger partial charge is 0.310 e. The number of aryl methyl sites for hydroxylation is 1.